The first-order valence-corrected chi connectivity index (χ1v) is 5.03. The number of carboxylic acid groups (broad SMARTS) is 1. The lowest BCUT2D eigenvalue weighted by atomic mass is 9.61. The molecular formula is C11H14O3. The molecule has 0 aromatic carbocycles. The van der Waals surface area contributed by atoms with Crippen LogP contribution in [0.5, 0.6) is 0 Å². The van der Waals surface area contributed by atoms with Gasteiger partial charge in [0.05, 0.1) is 5.92 Å². The Labute approximate surface area is 82.8 Å². The number of fused-ring (bicyclic) bond motifs is 2. The zero-order chi connectivity index (χ0) is 10.3. The Balaban J connectivity index is 2.33. The molecule has 0 aliphatic heterocycles. The first-order valence-electron chi connectivity index (χ1n) is 5.03. The summed E-state index contributed by atoms with van der Waals surface area (Å²) in [6, 6.07) is 0. The van der Waals surface area contributed by atoms with Crippen molar-refractivity contribution in [2.24, 2.45) is 23.7 Å². The lowest BCUT2D eigenvalue weighted by Gasteiger charge is -2.41. The van der Waals surface area contributed by atoms with E-state index < -0.39 is 11.9 Å². The number of hydrogen-bond acceptors (Lipinski definition) is 2. The molecule has 1 fully saturated rings. The van der Waals surface area contributed by atoms with Gasteiger partial charge < -0.3 is 5.11 Å². The predicted molar refractivity (Wildman–Crippen MR) is 50.7 cm³/mol. The monoisotopic (exact) mass is 194 g/mol. The number of aliphatic carboxylic acids is 1. The van der Waals surface area contributed by atoms with Crippen molar-refractivity contribution in [3.63, 3.8) is 0 Å². The van der Waals surface area contributed by atoms with Crippen LogP contribution in [0.15, 0.2) is 12.2 Å². The van der Waals surface area contributed by atoms with Gasteiger partial charge >= 0.3 is 5.97 Å². The van der Waals surface area contributed by atoms with Crippen molar-refractivity contribution in [1.29, 1.82) is 0 Å². The van der Waals surface area contributed by atoms with Gasteiger partial charge in [0.15, 0.2) is 0 Å². The van der Waals surface area contributed by atoms with Gasteiger partial charge in [-0.2, -0.15) is 0 Å². The number of ketones is 1. The van der Waals surface area contributed by atoms with Crippen LogP contribution in [0.4, 0.5) is 0 Å². The Bertz CT molecular complexity index is 276. The van der Waals surface area contributed by atoms with Crippen LogP contribution >= 0.6 is 0 Å². The second-order valence-corrected chi connectivity index (χ2v) is 4.29. The van der Waals surface area contributed by atoms with E-state index in [2.05, 4.69) is 0 Å². The summed E-state index contributed by atoms with van der Waals surface area (Å²) in [6.45, 7) is 1.51. The van der Waals surface area contributed by atoms with E-state index in [9.17, 15) is 9.59 Å². The fraction of sp³-hybridized carbons (Fsp3) is 0.636. The zero-order valence-electron chi connectivity index (χ0n) is 8.14. The third-order valence-electron chi connectivity index (χ3n) is 3.50. The van der Waals surface area contributed by atoms with Crippen molar-refractivity contribution in [3.05, 3.63) is 12.2 Å². The summed E-state index contributed by atoms with van der Waals surface area (Å²) in [6.07, 6.45) is 5.89. The highest BCUT2D eigenvalue weighted by Crippen LogP contribution is 2.45. The third-order valence-corrected chi connectivity index (χ3v) is 3.50. The minimum absolute atomic E-state index is 0.0245. The molecule has 14 heavy (non-hydrogen) atoms. The maximum atomic E-state index is 11.4. The molecule has 3 rings (SSSR count). The van der Waals surface area contributed by atoms with Crippen LogP contribution in [0, 0.1) is 23.7 Å². The minimum Gasteiger partial charge on any atom is -0.481 e. The van der Waals surface area contributed by atoms with Gasteiger partial charge in [-0.25, -0.2) is 0 Å². The van der Waals surface area contributed by atoms with Gasteiger partial charge in [0.1, 0.15) is 5.78 Å². The van der Waals surface area contributed by atoms with Gasteiger partial charge in [-0.15, -0.1) is 0 Å². The number of carboxylic acids is 1. The van der Waals surface area contributed by atoms with Gasteiger partial charge in [0.2, 0.25) is 0 Å². The summed E-state index contributed by atoms with van der Waals surface area (Å²) in [4.78, 5) is 22.5. The molecule has 4 atom stereocenters. The molecule has 0 aromatic rings. The lowest BCUT2D eigenvalue weighted by Crippen LogP contribution is -2.44. The molecule has 1 saturated carbocycles. The van der Waals surface area contributed by atoms with Gasteiger partial charge in [-0.1, -0.05) is 12.2 Å². The molecule has 2 bridgehead atoms. The largest absolute Gasteiger partial charge is 0.481 e. The molecule has 3 aliphatic carbocycles. The average molecular weight is 194 g/mol. The molecule has 3 nitrogen and oxygen atoms in total. The molecule has 0 spiro atoms. The normalized spacial score (nSPS) is 39.8. The lowest BCUT2D eigenvalue weighted by molar-refractivity contribution is -0.151. The molecule has 76 valence electrons. The van der Waals surface area contributed by atoms with E-state index in [1.165, 1.54) is 6.92 Å². The van der Waals surface area contributed by atoms with Gasteiger partial charge in [0.25, 0.3) is 0 Å². The molecule has 0 amide bonds. The molecule has 0 radical (unpaired) electrons. The van der Waals surface area contributed by atoms with Crippen molar-refractivity contribution in [1.82, 2.24) is 0 Å². The Morgan fingerprint density at radius 3 is 1.93 bits per heavy atom. The molecule has 0 heterocycles. The smallest absolute Gasteiger partial charge is 0.307 e. The van der Waals surface area contributed by atoms with E-state index in [0.717, 1.165) is 12.8 Å². The number of allylic oxidation sites excluding steroid dienone is 2. The first kappa shape index (κ1) is 9.44. The quantitative estimate of drug-likeness (QED) is 0.677. The van der Waals surface area contributed by atoms with Gasteiger partial charge in [-0.3, -0.25) is 9.59 Å². The number of carbonyl (C=O) groups is 2. The first-order chi connectivity index (χ1) is 6.61. The van der Waals surface area contributed by atoms with Gasteiger partial charge in [0, 0.05) is 5.92 Å². The van der Waals surface area contributed by atoms with E-state index in [0.29, 0.717) is 0 Å². The second kappa shape index (κ2) is 3.23. The molecule has 0 aromatic heterocycles. The van der Waals surface area contributed by atoms with Gasteiger partial charge in [-0.05, 0) is 31.6 Å². The summed E-state index contributed by atoms with van der Waals surface area (Å²) in [5.74, 6) is -1.31. The summed E-state index contributed by atoms with van der Waals surface area (Å²) < 4.78 is 0. The number of hydrogen-bond donors (Lipinski definition) is 1. The summed E-state index contributed by atoms with van der Waals surface area (Å²) in [7, 11) is 0. The van der Waals surface area contributed by atoms with E-state index in [-0.39, 0.29) is 23.5 Å². The van der Waals surface area contributed by atoms with Crippen LogP contribution in [0.1, 0.15) is 19.8 Å². The number of rotatable bonds is 2. The Hall–Kier alpha value is -1.12. The SMILES string of the molecule is CC(=O)[C@H]1C(C(=O)O)[C@H]2C=C[C@@H]1CC2. The third kappa shape index (κ3) is 1.27. The highest BCUT2D eigenvalue weighted by atomic mass is 16.4. The van der Waals surface area contributed by atoms with Crippen molar-refractivity contribution in [2.45, 2.75) is 19.8 Å². The van der Waals surface area contributed by atoms with Crippen molar-refractivity contribution in [3.8, 4) is 0 Å². The van der Waals surface area contributed by atoms with Crippen LogP contribution < -0.4 is 0 Å². The Morgan fingerprint density at radius 1 is 1.14 bits per heavy atom. The summed E-state index contributed by atoms with van der Waals surface area (Å²) in [5, 5.41) is 9.09. The Morgan fingerprint density at radius 2 is 1.64 bits per heavy atom. The van der Waals surface area contributed by atoms with Crippen LogP contribution in [0.3, 0.4) is 0 Å². The predicted octanol–water partition coefficient (Wildman–Crippen LogP) is 1.49. The summed E-state index contributed by atoms with van der Waals surface area (Å²) in [5.41, 5.74) is 0. The molecular weight excluding hydrogens is 180 g/mol. The highest BCUT2D eigenvalue weighted by molar-refractivity contribution is 5.86. The van der Waals surface area contributed by atoms with Crippen molar-refractivity contribution >= 4 is 11.8 Å². The molecule has 0 saturated heterocycles. The highest BCUT2D eigenvalue weighted by Gasteiger charge is 2.46. The maximum Gasteiger partial charge on any atom is 0.307 e. The van der Waals surface area contributed by atoms with E-state index >= 15 is 0 Å². The van der Waals surface area contributed by atoms with E-state index in [1.807, 2.05) is 12.2 Å². The van der Waals surface area contributed by atoms with Crippen molar-refractivity contribution in [2.75, 3.05) is 0 Å². The second-order valence-electron chi connectivity index (χ2n) is 4.29. The molecule has 3 heteroatoms. The number of carbonyl (C=O) groups excluding carboxylic acids is 1. The Kier molecular flexibility index (Phi) is 2.17. The standard InChI is InChI=1S/C11H14O3/c1-6(12)9-7-2-4-8(5-3-7)10(9)11(13)14/h2,4,7-10H,3,5H2,1H3,(H,13,14)/t7-,8+,9-,10?/m1/s1. The molecule has 3 aliphatic rings. The maximum absolute atomic E-state index is 11.4. The summed E-state index contributed by atoms with van der Waals surface area (Å²) >= 11 is 0. The fourth-order valence-corrected chi connectivity index (χ4v) is 2.89. The van der Waals surface area contributed by atoms with Crippen LogP contribution in [-0.2, 0) is 9.59 Å². The van der Waals surface area contributed by atoms with Crippen LogP contribution in [0.25, 0.3) is 0 Å². The van der Waals surface area contributed by atoms with E-state index in [1.54, 1.807) is 0 Å². The molecule has 1 N–H and O–H groups in total. The van der Waals surface area contributed by atoms with E-state index in [4.69, 9.17) is 5.11 Å². The average Bonchev–Trinajstić information content (AvgIpc) is 2.17. The number of Topliss-reactive ketones (excluding diaryl/α,β-unsaturated/α-hetero) is 1. The van der Waals surface area contributed by atoms with Crippen LogP contribution in [-0.4, -0.2) is 16.9 Å². The topological polar surface area (TPSA) is 54.4 Å². The fourth-order valence-electron chi connectivity index (χ4n) is 2.89. The molecule has 1 unspecified atom stereocenters. The van der Waals surface area contributed by atoms with Crippen molar-refractivity contribution < 1.29 is 14.7 Å². The van der Waals surface area contributed by atoms with Crippen LogP contribution in [0.2, 0.25) is 0 Å². The zero-order valence-corrected chi connectivity index (χ0v) is 8.14. The minimum atomic E-state index is -0.816.